The lowest BCUT2D eigenvalue weighted by Gasteiger charge is -2.31. The number of nitrogens with one attached hydrogen (secondary N) is 1. The molecule has 2 rings (SSSR count). The summed E-state index contributed by atoms with van der Waals surface area (Å²) in [4.78, 5) is 16.0. The minimum Gasteiger partial charge on any atom is -0.393 e. The maximum Gasteiger partial charge on any atom is 0.317 e. The number of nitrogens with zero attached hydrogens (tertiary/aromatic N) is 2. The number of hydrogen-bond donors (Lipinski definition) is 2. The Kier molecular flexibility index (Phi) is 6.71. The zero-order valence-electron chi connectivity index (χ0n) is 14.2. The number of urea groups is 1. The predicted molar refractivity (Wildman–Crippen MR) is 93.7 cm³/mol. The van der Waals surface area contributed by atoms with E-state index in [1.54, 1.807) is 11.9 Å². The fourth-order valence-electron chi connectivity index (χ4n) is 3.11. The highest BCUT2D eigenvalue weighted by Gasteiger charge is 2.25. The second kappa shape index (κ2) is 8.77. The normalized spacial score (nSPS) is 20.8. The molecule has 0 heterocycles. The molecule has 1 aliphatic rings. The van der Waals surface area contributed by atoms with Crippen LogP contribution in [0.3, 0.4) is 0 Å². The zero-order chi connectivity index (χ0) is 16.7. The Hall–Kier alpha value is -1.75. The molecule has 23 heavy (non-hydrogen) atoms. The Labute approximate surface area is 139 Å². The Bertz CT molecular complexity index is 480. The van der Waals surface area contributed by atoms with Gasteiger partial charge in [0.05, 0.1) is 6.10 Å². The van der Waals surface area contributed by atoms with Crippen LogP contribution >= 0.6 is 0 Å². The maximum atomic E-state index is 12.2. The van der Waals surface area contributed by atoms with Crippen molar-refractivity contribution in [1.82, 2.24) is 10.2 Å². The summed E-state index contributed by atoms with van der Waals surface area (Å²) in [6.45, 7) is 1.99. The Morgan fingerprint density at radius 3 is 2.61 bits per heavy atom. The van der Waals surface area contributed by atoms with Crippen molar-refractivity contribution in [2.45, 2.75) is 31.8 Å². The third kappa shape index (κ3) is 5.43. The lowest BCUT2D eigenvalue weighted by Crippen LogP contribution is -2.44. The number of aliphatic hydroxyl groups excluding tert-OH is 1. The maximum absolute atomic E-state index is 12.2. The molecule has 0 bridgehead atoms. The number of anilines is 1. The topological polar surface area (TPSA) is 55.8 Å². The number of aliphatic hydroxyl groups is 1. The molecule has 2 unspecified atom stereocenters. The van der Waals surface area contributed by atoms with E-state index in [2.05, 4.69) is 22.3 Å². The predicted octanol–water partition coefficient (Wildman–Crippen LogP) is 2.32. The molecule has 1 fully saturated rings. The third-order valence-corrected chi connectivity index (χ3v) is 4.64. The number of likely N-dealkylation sites (N-methyl/N-ethyl adjacent to an activating group) is 1. The van der Waals surface area contributed by atoms with Gasteiger partial charge in [-0.05, 0) is 25.0 Å². The van der Waals surface area contributed by atoms with E-state index in [0.717, 1.165) is 37.9 Å². The molecule has 1 saturated carbocycles. The van der Waals surface area contributed by atoms with Gasteiger partial charge in [0.1, 0.15) is 0 Å². The summed E-state index contributed by atoms with van der Waals surface area (Å²) < 4.78 is 0. The first-order chi connectivity index (χ1) is 11.1. The van der Waals surface area contributed by atoms with Crippen molar-refractivity contribution in [3.05, 3.63) is 30.3 Å². The number of benzene rings is 1. The van der Waals surface area contributed by atoms with Gasteiger partial charge in [-0.15, -0.1) is 0 Å². The number of rotatable bonds is 6. The van der Waals surface area contributed by atoms with Gasteiger partial charge in [0, 0.05) is 45.3 Å². The molecule has 5 nitrogen and oxygen atoms in total. The van der Waals surface area contributed by atoms with Gasteiger partial charge in [0.25, 0.3) is 0 Å². The standard InChI is InChI=1S/C18H29N3O2/c1-20(16-9-4-3-5-10-16)13-12-19-18(23)21(2)14-15-8-6-7-11-17(15)22/h3-5,9-10,15,17,22H,6-8,11-14H2,1-2H3,(H,19,23). The minimum atomic E-state index is -0.261. The second-order valence-electron chi connectivity index (χ2n) is 6.48. The number of carbonyl (C=O) groups is 1. The molecule has 2 amide bonds. The van der Waals surface area contributed by atoms with E-state index in [1.165, 1.54) is 0 Å². The molecule has 1 aromatic carbocycles. The van der Waals surface area contributed by atoms with E-state index in [1.807, 2.05) is 25.2 Å². The van der Waals surface area contributed by atoms with Crippen molar-refractivity contribution < 1.29 is 9.90 Å². The van der Waals surface area contributed by atoms with Crippen LogP contribution in [0.4, 0.5) is 10.5 Å². The molecule has 0 aromatic heterocycles. The van der Waals surface area contributed by atoms with E-state index in [9.17, 15) is 9.90 Å². The summed E-state index contributed by atoms with van der Waals surface area (Å²) in [6.07, 6.45) is 3.86. The van der Waals surface area contributed by atoms with Gasteiger partial charge in [-0.3, -0.25) is 0 Å². The Morgan fingerprint density at radius 2 is 1.91 bits per heavy atom. The average molecular weight is 319 g/mol. The van der Waals surface area contributed by atoms with Crippen LogP contribution in [0.15, 0.2) is 30.3 Å². The molecule has 0 spiro atoms. The van der Waals surface area contributed by atoms with Gasteiger partial charge in [-0.2, -0.15) is 0 Å². The number of para-hydroxylation sites is 1. The fourth-order valence-corrected chi connectivity index (χ4v) is 3.11. The highest BCUT2D eigenvalue weighted by atomic mass is 16.3. The van der Waals surface area contributed by atoms with Crippen LogP contribution < -0.4 is 10.2 Å². The van der Waals surface area contributed by atoms with Crippen LogP contribution in [0.1, 0.15) is 25.7 Å². The van der Waals surface area contributed by atoms with Crippen LogP contribution in [-0.4, -0.2) is 55.9 Å². The van der Waals surface area contributed by atoms with Crippen LogP contribution in [0.5, 0.6) is 0 Å². The van der Waals surface area contributed by atoms with E-state index in [0.29, 0.717) is 13.1 Å². The molecular formula is C18H29N3O2. The third-order valence-electron chi connectivity index (χ3n) is 4.64. The highest BCUT2D eigenvalue weighted by Crippen LogP contribution is 2.24. The summed E-state index contributed by atoms with van der Waals surface area (Å²) >= 11 is 0. The van der Waals surface area contributed by atoms with Gasteiger partial charge < -0.3 is 20.2 Å². The zero-order valence-corrected chi connectivity index (χ0v) is 14.2. The van der Waals surface area contributed by atoms with Gasteiger partial charge in [0.15, 0.2) is 0 Å². The summed E-state index contributed by atoms with van der Waals surface area (Å²) in [5.41, 5.74) is 1.14. The first-order valence-corrected chi connectivity index (χ1v) is 8.51. The molecule has 128 valence electrons. The molecule has 0 aliphatic heterocycles. The fraction of sp³-hybridized carbons (Fsp3) is 0.611. The number of amides is 2. The summed E-state index contributed by atoms with van der Waals surface area (Å²) in [5, 5.41) is 13.0. The van der Waals surface area contributed by atoms with Crippen molar-refractivity contribution in [2.75, 3.05) is 38.6 Å². The van der Waals surface area contributed by atoms with Crippen LogP contribution in [0.2, 0.25) is 0 Å². The quantitative estimate of drug-likeness (QED) is 0.846. The largest absolute Gasteiger partial charge is 0.393 e. The summed E-state index contributed by atoms with van der Waals surface area (Å²) in [7, 11) is 3.82. The molecular weight excluding hydrogens is 290 g/mol. The monoisotopic (exact) mass is 319 g/mol. The highest BCUT2D eigenvalue weighted by molar-refractivity contribution is 5.73. The van der Waals surface area contributed by atoms with Gasteiger partial charge in [-0.25, -0.2) is 4.79 Å². The molecule has 0 saturated heterocycles. The lowest BCUT2D eigenvalue weighted by atomic mass is 9.86. The molecule has 5 heteroatoms. The van der Waals surface area contributed by atoms with Gasteiger partial charge in [0.2, 0.25) is 0 Å². The Balaban J connectivity index is 1.69. The van der Waals surface area contributed by atoms with Crippen molar-refractivity contribution in [3.8, 4) is 0 Å². The first-order valence-electron chi connectivity index (χ1n) is 8.51. The molecule has 2 N–H and O–H groups in total. The number of carbonyl (C=O) groups excluding carboxylic acids is 1. The van der Waals surface area contributed by atoms with Crippen molar-refractivity contribution in [2.24, 2.45) is 5.92 Å². The van der Waals surface area contributed by atoms with Crippen LogP contribution in [0.25, 0.3) is 0 Å². The van der Waals surface area contributed by atoms with Crippen LogP contribution in [0, 0.1) is 5.92 Å². The molecule has 1 aromatic rings. The second-order valence-corrected chi connectivity index (χ2v) is 6.48. The molecule has 1 aliphatic carbocycles. The van der Waals surface area contributed by atoms with Crippen molar-refractivity contribution in [3.63, 3.8) is 0 Å². The molecule has 0 radical (unpaired) electrons. The summed E-state index contributed by atoms with van der Waals surface area (Å²) in [6, 6.07) is 10.1. The number of hydrogen-bond acceptors (Lipinski definition) is 3. The van der Waals surface area contributed by atoms with E-state index in [4.69, 9.17) is 0 Å². The Morgan fingerprint density at radius 1 is 1.22 bits per heavy atom. The average Bonchev–Trinajstić information content (AvgIpc) is 2.57. The smallest absolute Gasteiger partial charge is 0.317 e. The van der Waals surface area contributed by atoms with E-state index < -0.39 is 0 Å². The minimum absolute atomic E-state index is 0.0655. The lowest BCUT2D eigenvalue weighted by molar-refractivity contribution is 0.0565. The summed E-state index contributed by atoms with van der Waals surface area (Å²) in [5.74, 6) is 0.214. The van der Waals surface area contributed by atoms with E-state index >= 15 is 0 Å². The SMILES string of the molecule is CN(CC1CCCCC1O)C(=O)NCCN(C)c1ccccc1. The van der Waals surface area contributed by atoms with Crippen molar-refractivity contribution >= 4 is 11.7 Å². The van der Waals surface area contributed by atoms with Crippen molar-refractivity contribution in [1.29, 1.82) is 0 Å². The first kappa shape index (κ1) is 17.6. The van der Waals surface area contributed by atoms with Crippen LogP contribution in [-0.2, 0) is 0 Å². The van der Waals surface area contributed by atoms with Gasteiger partial charge in [-0.1, -0.05) is 31.0 Å². The molecule has 2 atom stereocenters. The van der Waals surface area contributed by atoms with Gasteiger partial charge >= 0.3 is 6.03 Å². The van der Waals surface area contributed by atoms with E-state index in [-0.39, 0.29) is 18.1 Å².